The predicted molar refractivity (Wildman–Crippen MR) is 83.5 cm³/mol. The number of carbonyl (C=O) groups is 1. The molecule has 0 fully saturated rings. The van der Waals surface area contributed by atoms with Crippen LogP contribution < -0.4 is 0 Å². The lowest BCUT2D eigenvalue weighted by molar-refractivity contribution is -0.131. The first kappa shape index (κ1) is 13.3. The molecule has 4 nitrogen and oxygen atoms in total. The minimum atomic E-state index is -0.973. The first-order valence-corrected chi connectivity index (χ1v) is 7.22. The second kappa shape index (κ2) is 5.76. The standard InChI is InChI=1S/C16H12N2O2S/c19-15(20)9-8-12-11-18(13-5-2-1-3-6-13)17-16(12)14-7-4-10-21-14/h1-11H,(H,19,20)/b9-8+. The Morgan fingerprint density at radius 3 is 2.67 bits per heavy atom. The van der Waals surface area contributed by atoms with Gasteiger partial charge in [-0.05, 0) is 29.7 Å². The fourth-order valence-corrected chi connectivity index (χ4v) is 2.72. The molecule has 0 spiro atoms. The van der Waals surface area contributed by atoms with Crippen molar-refractivity contribution in [1.29, 1.82) is 0 Å². The zero-order valence-corrected chi connectivity index (χ0v) is 11.8. The van der Waals surface area contributed by atoms with E-state index in [-0.39, 0.29) is 0 Å². The molecular weight excluding hydrogens is 284 g/mol. The zero-order chi connectivity index (χ0) is 14.7. The molecule has 2 aromatic heterocycles. The summed E-state index contributed by atoms with van der Waals surface area (Å²) >= 11 is 1.58. The highest BCUT2D eigenvalue weighted by molar-refractivity contribution is 7.13. The number of aliphatic carboxylic acids is 1. The minimum absolute atomic E-state index is 0.781. The number of thiophene rings is 1. The highest BCUT2D eigenvalue weighted by Gasteiger charge is 2.11. The minimum Gasteiger partial charge on any atom is -0.478 e. The third kappa shape index (κ3) is 2.93. The van der Waals surface area contributed by atoms with E-state index >= 15 is 0 Å². The average Bonchev–Trinajstić information content (AvgIpc) is 3.15. The number of hydrogen-bond donors (Lipinski definition) is 1. The van der Waals surface area contributed by atoms with Gasteiger partial charge in [-0.2, -0.15) is 5.10 Å². The Morgan fingerprint density at radius 1 is 1.19 bits per heavy atom. The van der Waals surface area contributed by atoms with Crippen molar-refractivity contribution in [1.82, 2.24) is 9.78 Å². The van der Waals surface area contributed by atoms with Gasteiger partial charge in [0.15, 0.2) is 0 Å². The van der Waals surface area contributed by atoms with Crippen molar-refractivity contribution < 1.29 is 9.90 Å². The SMILES string of the molecule is O=C(O)/C=C/c1cn(-c2ccccc2)nc1-c1cccs1. The van der Waals surface area contributed by atoms with Gasteiger partial charge in [-0.3, -0.25) is 0 Å². The molecule has 0 aliphatic carbocycles. The summed E-state index contributed by atoms with van der Waals surface area (Å²) in [7, 11) is 0. The van der Waals surface area contributed by atoms with Crippen LogP contribution in [0.2, 0.25) is 0 Å². The normalized spacial score (nSPS) is 11.0. The smallest absolute Gasteiger partial charge is 0.328 e. The van der Waals surface area contributed by atoms with Crippen LogP contribution in [-0.2, 0) is 4.79 Å². The summed E-state index contributed by atoms with van der Waals surface area (Å²) < 4.78 is 1.76. The average molecular weight is 296 g/mol. The molecule has 3 rings (SSSR count). The topological polar surface area (TPSA) is 55.1 Å². The Morgan fingerprint density at radius 2 is 2.00 bits per heavy atom. The Balaban J connectivity index is 2.09. The molecule has 2 heterocycles. The molecular formula is C16H12N2O2S. The maximum absolute atomic E-state index is 10.7. The van der Waals surface area contributed by atoms with E-state index in [4.69, 9.17) is 5.11 Å². The van der Waals surface area contributed by atoms with E-state index in [2.05, 4.69) is 5.10 Å². The Bertz CT molecular complexity index is 774. The number of hydrogen-bond acceptors (Lipinski definition) is 3. The second-order valence-corrected chi connectivity index (χ2v) is 5.31. The lowest BCUT2D eigenvalue weighted by atomic mass is 10.2. The van der Waals surface area contributed by atoms with Crippen molar-refractivity contribution in [2.45, 2.75) is 0 Å². The van der Waals surface area contributed by atoms with Crippen LogP contribution in [0.25, 0.3) is 22.3 Å². The molecule has 0 saturated carbocycles. The first-order valence-electron chi connectivity index (χ1n) is 6.34. The van der Waals surface area contributed by atoms with Gasteiger partial charge in [0.05, 0.1) is 10.6 Å². The molecule has 0 aliphatic rings. The van der Waals surface area contributed by atoms with Crippen molar-refractivity contribution in [3.63, 3.8) is 0 Å². The zero-order valence-electron chi connectivity index (χ0n) is 11.0. The lowest BCUT2D eigenvalue weighted by Gasteiger charge is -1.99. The van der Waals surface area contributed by atoms with Crippen molar-refractivity contribution in [3.05, 3.63) is 65.7 Å². The second-order valence-electron chi connectivity index (χ2n) is 4.36. The molecule has 0 unspecified atom stereocenters. The van der Waals surface area contributed by atoms with Gasteiger partial charge in [-0.15, -0.1) is 11.3 Å². The van der Waals surface area contributed by atoms with Gasteiger partial charge in [0.2, 0.25) is 0 Å². The fourth-order valence-electron chi connectivity index (χ4n) is 1.99. The van der Waals surface area contributed by atoms with Crippen LogP contribution in [0.15, 0.2) is 60.1 Å². The molecule has 0 atom stereocenters. The first-order chi connectivity index (χ1) is 10.2. The van der Waals surface area contributed by atoms with E-state index in [1.807, 2.05) is 54.0 Å². The Labute approximate surface area is 125 Å². The monoisotopic (exact) mass is 296 g/mol. The molecule has 1 aromatic carbocycles. The van der Waals surface area contributed by atoms with Gasteiger partial charge in [-0.1, -0.05) is 24.3 Å². The van der Waals surface area contributed by atoms with E-state index in [0.717, 1.165) is 27.9 Å². The van der Waals surface area contributed by atoms with E-state index in [9.17, 15) is 4.79 Å². The number of benzene rings is 1. The van der Waals surface area contributed by atoms with Crippen molar-refractivity contribution in [2.75, 3.05) is 0 Å². The van der Waals surface area contributed by atoms with Gasteiger partial charge in [0, 0.05) is 17.8 Å². The highest BCUT2D eigenvalue weighted by atomic mass is 32.1. The lowest BCUT2D eigenvalue weighted by Crippen LogP contribution is -1.93. The van der Waals surface area contributed by atoms with Crippen LogP contribution in [0.3, 0.4) is 0 Å². The summed E-state index contributed by atoms with van der Waals surface area (Å²) in [6.07, 6.45) is 4.54. The molecule has 0 saturated heterocycles. The number of aromatic nitrogens is 2. The van der Waals surface area contributed by atoms with Gasteiger partial charge in [0.25, 0.3) is 0 Å². The van der Waals surface area contributed by atoms with Crippen molar-refractivity contribution >= 4 is 23.4 Å². The summed E-state index contributed by atoms with van der Waals surface area (Å²) in [6, 6.07) is 13.7. The number of rotatable bonds is 4. The number of carboxylic acids is 1. The molecule has 21 heavy (non-hydrogen) atoms. The Hall–Kier alpha value is -2.66. The summed E-state index contributed by atoms with van der Waals surface area (Å²) in [5.74, 6) is -0.973. The number of nitrogens with zero attached hydrogens (tertiary/aromatic N) is 2. The van der Waals surface area contributed by atoms with Gasteiger partial charge in [0.1, 0.15) is 5.69 Å². The third-order valence-corrected chi connectivity index (χ3v) is 3.80. The number of para-hydroxylation sites is 1. The van der Waals surface area contributed by atoms with Crippen LogP contribution in [-0.4, -0.2) is 20.9 Å². The van der Waals surface area contributed by atoms with E-state index in [1.54, 1.807) is 22.1 Å². The van der Waals surface area contributed by atoms with Crippen LogP contribution >= 0.6 is 11.3 Å². The van der Waals surface area contributed by atoms with Crippen LogP contribution in [0.4, 0.5) is 0 Å². The molecule has 5 heteroatoms. The predicted octanol–water partition coefficient (Wildman–Crippen LogP) is 3.70. The molecule has 0 radical (unpaired) electrons. The van der Waals surface area contributed by atoms with Gasteiger partial charge >= 0.3 is 5.97 Å². The molecule has 1 N–H and O–H groups in total. The van der Waals surface area contributed by atoms with E-state index in [0.29, 0.717) is 0 Å². The van der Waals surface area contributed by atoms with Crippen LogP contribution in [0, 0.1) is 0 Å². The molecule has 104 valence electrons. The van der Waals surface area contributed by atoms with Crippen molar-refractivity contribution in [3.8, 4) is 16.3 Å². The van der Waals surface area contributed by atoms with E-state index in [1.165, 1.54) is 0 Å². The summed E-state index contributed by atoms with van der Waals surface area (Å²) in [5, 5.41) is 15.4. The summed E-state index contributed by atoms with van der Waals surface area (Å²) in [6.45, 7) is 0. The van der Waals surface area contributed by atoms with Gasteiger partial charge < -0.3 is 5.11 Å². The molecule has 0 amide bonds. The van der Waals surface area contributed by atoms with Crippen LogP contribution in [0.1, 0.15) is 5.56 Å². The van der Waals surface area contributed by atoms with Crippen molar-refractivity contribution in [2.24, 2.45) is 0 Å². The molecule has 3 aromatic rings. The Kier molecular flexibility index (Phi) is 3.66. The maximum atomic E-state index is 10.7. The highest BCUT2D eigenvalue weighted by Crippen LogP contribution is 2.28. The quantitative estimate of drug-likeness (QED) is 0.747. The molecule has 0 aliphatic heterocycles. The number of carboxylic acid groups (broad SMARTS) is 1. The van der Waals surface area contributed by atoms with E-state index < -0.39 is 5.97 Å². The van der Waals surface area contributed by atoms with Crippen LogP contribution in [0.5, 0.6) is 0 Å². The largest absolute Gasteiger partial charge is 0.478 e. The summed E-state index contributed by atoms with van der Waals surface area (Å²) in [4.78, 5) is 11.7. The summed E-state index contributed by atoms with van der Waals surface area (Å²) in [5.41, 5.74) is 2.50. The molecule has 0 bridgehead atoms. The maximum Gasteiger partial charge on any atom is 0.328 e. The third-order valence-electron chi connectivity index (χ3n) is 2.92. The van der Waals surface area contributed by atoms with Gasteiger partial charge in [-0.25, -0.2) is 9.48 Å². The fraction of sp³-hybridized carbons (Fsp3) is 0.